The summed E-state index contributed by atoms with van der Waals surface area (Å²) in [5.41, 5.74) is 2.48. The molecule has 0 aromatic heterocycles. The molecule has 78 valence electrons. The molecule has 2 rings (SSSR count). The van der Waals surface area contributed by atoms with Crippen LogP contribution in [0.4, 0.5) is 4.39 Å². The third-order valence-corrected chi connectivity index (χ3v) is 2.64. The molecule has 0 amide bonds. The van der Waals surface area contributed by atoms with Crippen molar-refractivity contribution in [3.63, 3.8) is 0 Å². The van der Waals surface area contributed by atoms with Crippen molar-refractivity contribution in [3.05, 3.63) is 35.4 Å². The van der Waals surface area contributed by atoms with Crippen LogP contribution >= 0.6 is 12.4 Å². The predicted octanol–water partition coefficient (Wildman–Crippen LogP) is 2.79. The molecule has 2 unspecified atom stereocenters. The van der Waals surface area contributed by atoms with Gasteiger partial charge in [-0.05, 0) is 24.5 Å². The van der Waals surface area contributed by atoms with E-state index in [9.17, 15) is 4.39 Å². The first-order valence-corrected chi connectivity index (χ1v) is 4.70. The number of benzene rings is 1. The van der Waals surface area contributed by atoms with Crippen molar-refractivity contribution in [3.8, 4) is 0 Å². The molecule has 1 aromatic carbocycles. The predicted molar refractivity (Wildman–Crippen MR) is 58.7 cm³/mol. The summed E-state index contributed by atoms with van der Waals surface area (Å²) >= 11 is 0. The zero-order valence-corrected chi connectivity index (χ0v) is 8.98. The molecule has 1 heterocycles. The van der Waals surface area contributed by atoms with Gasteiger partial charge in [0.1, 0.15) is 6.17 Å². The van der Waals surface area contributed by atoms with Crippen LogP contribution in [0.2, 0.25) is 0 Å². The number of nitrogens with one attached hydrogen (secondary N) is 1. The largest absolute Gasteiger partial charge is 0.307 e. The molecule has 0 aliphatic carbocycles. The number of hydrogen-bond donors (Lipinski definition) is 1. The van der Waals surface area contributed by atoms with Gasteiger partial charge in [0.2, 0.25) is 0 Å². The summed E-state index contributed by atoms with van der Waals surface area (Å²) in [6.07, 6.45) is -0.0604. The van der Waals surface area contributed by atoms with E-state index < -0.39 is 6.17 Å². The SMILES string of the molecule is Cc1ccccc1C1CC(F)CN1.Cl. The topological polar surface area (TPSA) is 12.0 Å². The van der Waals surface area contributed by atoms with E-state index in [-0.39, 0.29) is 18.4 Å². The van der Waals surface area contributed by atoms with Crippen molar-refractivity contribution < 1.29 is 4.39 Å². The Balaban J connectivity index is 0.000000980. The number of rotatable bonds is 1. The average molecular weight is 216 g/mol. The van der Waals surface area contributed by atoms with E-state index in [2.05, 4.69) is 24.4 Å². The minimum absolute atomic E-state index is 0. The van der Waals surface area contributed by atoms with Crippen molar-refractivity contribution >= 4 is 12.4 Å². The average Bonchev–Trinajstić information content (AvgIpc) is 2.53. The van der Waals surface area contributed by atoms with E-state index in [0.717, 1.165) is 0 Å². The number of hydrogen-bond acceptors (Lipinski definition) is 1. The Kier molecular flexibility index (Phi) is 3.90. The van der Waals surface area contributed by atoms with Crippen molar-refractivity contribution in [1.29, 1.82) is 0 Å². The van der Waals surface area contributed by atoms with Gasteiger partial charge in [-0.15, -0.1) is 12.4 Å². The quantitative estimate of drug-likeness (QED) is 0.760. The van der Waals surface area contributed by atoms with Gasteiger partial charge in [-0.3, -0.25) is 0 Å². The molecule has 14 heavy (non-hydrogen) atoms. The Morgan fingerprint density at radius 1 is 1.36 bits per heavy atom. The molecule has 0 saturated carbocycles. The Morgan fingerprint density at radius 3 is 2.64 bits per heavy atom. The van der Waals surface area contributed by atoms with Gasteiger partial charge in [0.15, 0.2) is 0 Å². The van der Waals surface area contributed by atoms with E-state index in [1.54, 1.807) is 0 Å². The summed E-state index contributed by atoms with van der Waals surface area (Å²) in [7, 11) is 0. The number of aryl methyl sites for hydroxylation is 1. The monoisotopic (exact) mass is 215 g/mol. The molecule has 2 atom stereocenters. The highest BCUT2D eigenvalue weighted by molar-refractivity contribution is 5.85. The molecule has 1 aromatic rings. The van der Waals surface area contributed by atoms with Gasteiger partial charge in [-0.25, -0.2) is 4.39 Å². The molecule has 1 aliphatic heterocycles. The summed E-state index contributed by atoms with van der Waals surface area (Å²) in [5, 5.41) is 3.19. The van der Waals surface area contributed by atoms with Crippen LogP contribution in [0, 0.1) is 6.92 Å². The molecule has 1 N–H and O–H groups in total. The van der Waals surface area contributed by atoms with Crippen LogP contribution in [0.25, 0.3) is 0 Å². The molecular weight excluding hydrogens is 201 g/mol. The maximum atomic E-state index is 12.9. The fourth-order valence-corrected chi connectivity index (χ4v) is 1.91. The summed E-state index contributed by atoms with van der Waals surface area (Å²) in [6.45, 7) is 2.57. The third kappa shape index (κ3) is 2.25. The van der Waals surface area contributed by atoms with E-state index >= 15 is 0 Å². The first kappa shape index (κ1) is 11.5. The molecule has 0 bridgehead atoms. The molecule has 3 heteroatoms. The van der Waals surface area contributed by atoms with Gasteiger partial charge >= 0.3 is 0 Å². The van der Waals surface area contributed by atoms with Gasteiger partial charge < -0.3 is 5.32 Å². The Labute approximate surface area is 90.1 Å². The van der Waals surface area contributed by atoms with Crippen molar-refractivity contribution in [2.45, 2.75) is 25.6 Å². The van der Waals surface area contributed by atoms with Crippen LogP contribution in [0.15, 0.2) is 24.3 Å². The van der Waals surface area contributed by atoms with Crippen LogP contribution in [0.1, 0.15) is 23.6 Å². The highest BCUT2D eigenvalue weighted by Crippen LogP contribution is 2.26. The number of alkyl halides is 1. The molecule has 1 saturated heterocycles. The van der Waals surface area contributed by atoms with Gasteiger partial charge in [0.25, 0.3) is 0 Å². The lowest BCUT2D eigenvalue weighted by Crippen LogP contribution is -2.14. The van der Waals surface area contributed by atoms with Gasteiger partial charge in [-0.1, -0.05) is 24.3 Å². The summed E-state index contributed by atoms with van der Waals surface area (Å²) in [6, 6.07) is 8.39. The second-order valence-corrected chi connectivity index (χ2v) is 3.65. The normalized spacial score (nSPS) is 25.9. The number of halogens is 2. The molecule has 1 nitrogen and oxygen atoms in total. The van der Waals surface area contributed by atoms with Crippen molar-refractivity contribution in [2.24, 2.45) is 0 Å². The first-order chi connectivity index (χ1) is 6.27. The third-order valence-electron chi connectivity index (χ3n) is 2.64. The standard InChI is InChI=1S/C11H14FN.ClH/c1-8-4-2-3-5-10(8)11-6-9(12)7-13-11;/h2-5,9,11,13H,6-7H2,1H3;1H. The highest BCUT2D eigenvalue weighted by atomic mass is 35.5. The van der Waals surface area contributed by atoms with Crippen LogP contribution in [0.5, 0.6) is 0 Å². The fraction of sp³-hybridized carbons (Fsp3) is 0.455. The molecule has 0 radical (unpaired) electrons. The van der Waals surface area contributed by atoms with Gasteiger partial charge in [-0.2, -0.15) is 0 Å². The smallest absolute Gasteiger partial charge is 0.114 e. The van der Waals surface area contributed by atoms with E-state index in [1.165, 1.54) is 11.1 Å². The van der Waals surface area contributed by atoms with Gasteiger partial charge in [0.05, 0.1) is 0 Å². The maximum Gasteiger partial charge on any atom is 0.114 e. The highest BCUT2D eigenvalue weighted by Gasteiger charge is 2.25. The maximum absolute atomic E-state index is 12.9. The minimum atomic E-state index is -0.676. The molecular formula is C11H15ClFN. The van der Waals surface area contributed by atoms with Crippen LogP contribution in [-0.4, -0.2) is 12.7 Å². The second kappa shape index (κ2) is 4.76. The Bertz CT molecular complexity index is 303. The van der Waals surface area contributed by atoms with E-state index in [1.807, 2.05) is 12.1 Å². The molecule has 1 aliphatic rings. The Morgan fingerprint density at radius 2 is 2.07 bits per heavy atom. The van der Waals surface area contributed by atoms with Crippen LogP contribution < -0.4 is 5.32 Å². The summed E-state index contributed by atoms with van der Waals surface area (Å²) < 4.78 is 12.9. The van der Waals surface area contributed by atoms with E-state index in [4.69, 9.17) is 0 Å². The van der Waals surface area contributed by atoms with E-state index in [0.29, 0.717) is 13.0 Å². The minimum Gasteiger partial charge on any atom is -0.307 e. The van der Waals surface area contributed by atoms with Crippen molar-refractivity contribution in [2.75, 3.05) is 6.54 Å². The second-order valence-electron chi connectivity index (χ2n) is 3.65. The zero-order chi connectivity index (χ0) is 9.26. The molecule has 0 spiro atoms. The first-order valence-electron chi connectivity index (χ1n) is 4.70. The van der Waals surface area contributed by atoms with Crippen molar-refractivity contribution in [1.82, 2.24) is 5.32 Å². The summed E-state index contributed by atoms with van der Waals surface area (Å²) in [5.74, 6) is 0. The lowest BCUT2D eigenvalue weighted by Gasteiger charge is -2.12. The molecule has 1 fully saturated rings. The van der Waals surface area contributed by atoms with Gasteiger partial charge in [0, 0.05) is 12.6 Å². The fourth-order valence-electron chi connectivity index (χ4n) is 1.91. The van der Waals surface area contributed by atoms with Crippen LogP contribution in [-0.2, 0) is 0 Å². The zero-order valence-electron chi connectivity index (χ0n) is 8.16. The lowest BCUT2D eigenvalue weighted by atomic mass is 10.00. The lowest BCUT2D eigenvalue weighted by molar-refractivity contribution is 0.356. The Hall–Kier alpha value is -0.600. The van der Waals surface area contributed by atoms with Crippen LogP contribution in [0.3, 0.4) is 0 Å². The summed E-state index contributed by atoms with van der Waals surface area (Å²) in [4.78, 5) is 0.